The van der Waals surface area contributed by atoms with Gasteiger partial charge in [-0.1, -0.05) is 0 Å². The molecule has 102 valence electrons. The summed E-state index contributed by atoms with van der Waals surface area (Å²) in [6.07, 6.45) is 2.95. The summed E-state index contributed by atoms with van der Waals surface area (Å²) in [5.74, 6) is 0.420. The summed E-state index contributed by atoms with van der Waals surface area (Å²) in [5.41, 5.74) is 4.40. The van der Waals surface area contributed by atoms with Gasteiger partial charge in [0.25, 0.3) is 0 Å². The van der Waals surface area contributed by atoms with Crippen molar-refractivity contribution in [3.8, 4) is 5.75 Å². The maximum absolute atomic E-state index is 11.2. The fraction of sp³-hybridized carbons (Fsp3) is 0.286. The lowest BCUT2D eigenvalue weighted by Gasteiger charge is -2.02. The molecule has 0 spiro atoms. The highest BCUT2D eigenvalue weighted by atomic mass is 16.5. The van der Waals surface area contributed by atoms with Crippen LogP contribution in [0.4, 0.5) is 5.69 Å². The number of nitrogens with zero attached hydrogens (tertiary/aromatic N) is 1. The van der Waals surface area contributed by atoms with E-state index in [1.165, 1.54) is 6.08 Å². The summed E-state index contributed by atoms with van der Waals surface area (Å²) in [6, 6.07) is 7.36. The minimum absolute atomic E-state index is 0.365. The normalized spacial score (nSPS) is 11.4. The number of nitrogens with one attached hydrogen (secondary N) is 1. The van der Waals surface area contributed by atoms with E-state index in [1.54, 1.807) is 27.2 Å². The third kappa shape index (κ3) is 5.72. The molecule has 1 rings (SSSR count). The lowest BCUT2D eigenvalue weighted by atomic mass is 10.3. The molecule has 1 aromatic rings. The quantitative estimate of drug-likeness (QED) is 0.370. The number of methoxy groups -OCH3 is 1. The summed E-state index contributed by atoms with van der Waals surface area (Å²) in [7, 11) is 1.62. The summed E-state index contributed by atoms with van der Waals surface area (Å²) >= 11 is 0. The van der Waals surface area contributed by atoms with E-state index in [0.29, 0.717) is 12.2 Å². The Morgan fingerprint density at radius 1 is 1.37 bits per heavy atom. The first kappa shape index (κ1) is 14.8. The van der Waals surface area contributed by atoms with Crippen LogP contribution in [-0.2, 0) is 9.53 Å². The molecule has 1 aromatic carbocycles. The molecule has 0 saturated heterocycles. The fourth-order valence-corrected chi connectivity index (χ4v) is 1.28. The standard InChI is InChI=1S/C14H18N2O3/c1-4-19-14(17)9-11(2)10-15-16-12-5-7-13(18-3)8-6-12/h5-10,16H,4H2,1-3H3/b11-9+,15-10+. The first-order valence-electron chi connectivity index (χ1n) is 5.94. The molecule has 0 fully saturated rings. The third-order valence-electron chi connectivity index (χ3n) is 2.18. The molecule has 0 unspecified atom stereocenters. The van der Waals surface area contributed by atoms with Crippen molar-refractivity contribution in [2.75, 3.05) is 19.1 Å². The van der Waals surface area contributed by atoms with E-state index in [2.05, 4.69) is 10.5 Å². The number of anilines is 1. The van der Waals surface area contributed by atoms with Gasteiger partial charge in [-0.05, 0) is 43.7 Å². The Morgan fingerprint density at radius 2 is 2.05 bits per heavy atom. The van der Waals surface area contributed by atoms with Gasteiger partial charge in [-0.2, -0.15) is 5.10 Å². The Kier molecular flexibility index (Phi) is 6.15. The minimum Gasteiger partial charge on any atom is -0.497 e. The van der Waals surface area contributed by atoms with Crippen LogP contribution in [0.15, 0.2) is 41.0 Å². The van der Waals surface area contributed by atoms with Crippen LogP contribution in [0.5, 0.6) is 5.75 Å². The van der Waals surface area contributed by atoms with Crippen molar-refractivity contribution in [1.82, 2.24) is 0 Å². The van der Waals surface area contributed by atoms with Crippen molar-refractivity contribution in [2.24, 2.45) is 5.10 Å². The number of allylic oxidation sites excluding steroid dienone is 1. The third-order valence-corrected chi connectivity index (χ3v) is 2.18. The lowest BCUT2D eigenvalue weighted by Crippen LogP contribution is -2.01. The molecule has 0 aromatic heterocycles. The van der Waals surface area contributed by atoms with Crippen LogP contribution < -0.4 is 10.2 Å². The molecule has 5 nitrogen and oxygen atoms in total. The van der Waals surface area contributed by atoms with Crippen LogP contribution in [0.3, 0.4) is 0 Å². The number of benzene rings is 1. The van der Waals surface area contributed by atoms with Gasteiger partial charge in [-0.15, -0.1) is 0 Å². The van der Waals surface area contributed by atoms with Crippen molar-refractivity contribution in [3.63, 3.8) is 0 Å². The van der Waals surface area contributed by atoms with E-state index in [1.807, 2.05) is 24.3 Å². The number of rotatable bonds is 6. The SMILES string of the molecule is CCOC(=O)/C=C(C)/C=N/Nc1ccc(OC)cc1. The predicted octanol–water partition coefficient (Wildman–Crippen LogP) is 2.60. The lowest BCUT2D eigenvalue weighted by molar-refractivity contribution is -0.137. The molecule has 0 amide bonds. The number of hydrogen-bond acceptors (Lipinski definition) is 5. The molecule has 0 saturated carbocycles. The molecule has 0 atom stereocenters. The van der Waals surface area contributed by atoms with Crippen LogP contribution in [0.25, 0.3) is 0 Å². The Balaban J connectivity index is 2.50. The van der Waals surface area contributed by atoms with Crippen LogP contribution in [-0.4, -0.2) is 25.9 Å². The molecular formula is C14H18N2O3. The molecule has 0 bridgehead atoms. The Hall–Kier alpha value is -2.30. The molecule has 19 heavy (non-hydrogen) atoms. The summed E-state index contributed by atoms with van der Waals surface area (Å²) in [5, 5.41) is 4.02. The number of hydrazone groups is 1. The van der Waals surface area contributed by atoms with Gasteiger partial charge in [0.05, 0.1) is 25.6 Å². The first-order valence-corrected chi connectivity index (χ1v) is 5.94. The predicted molar refractivity (Wildman–Crippen MR) is 75.5 cm³/mol. The van der Waals surface area contributed by atoms with Crippen LogP contribution in [0.2, 0.25) is 0 Å². The summed E-state index contributed by atoms with van der Waals surface area (Å²) in [4.78, 5) is 11.2. The maximum Gasteiger partial charge on any atom is 0.331 e. The second kappa shape index (κ2) is 7.92. The van der Waals surface area contributed by atoms with Gasteiger partial charge in [-0.25, -0.2) is 4.79 Å². The van der Waals surface area contributed by atoms with Crippen LogP contribution in [0, 0.1) is 0 Å². The van der Waals surface area contributed by atoms with E-state index in [0.717, 1.165) is 11.4 Å². The van der Waals surface area contributed by atoms with Gasteiger partial charge >= 0.3 is 5.97 Å². The summed E-state index contributed by atoms with van der Waals surface area (Å²) < 4.78 is 9.84. The van der Waals surface area contributed by atoms with Crippen molar-refractivity contribution >= 4 is 17.9 Å². The van der Waals surface area contributed by atoms with E-state index >= 15 is 0 Å². The summed E-state index contributed by atoms with van der Waals surface area (Å²) in [6.45, 7) is 3.90. The number of carbonyl (C=O) groups is 1. The molecular weight excluding hydrogens is 244 g/mol. The zero-order valence-electron chi connectivity index (χ0n) is 11.3. The zero-order valence-corrected chi connectivity index (χ0v) is 11.3. The average Bonchev–Trinajstić information content (AvgIpc) is 2.39. The minimum atomic E-state index is -0.365. The molecule has 0 aliphatic rings. The zero-order chi connectivity index (χ0) is 14.1. The van der Waals surface area contributed by atoms with Crippen molar-refractivity contribution in [2.45, 2.75) is 13.8 Å². The van der Waals surface area contributed by atoms with Crippen LogP contribution >= 0.6 is 0 Å². The van der Waals surface area contributed by atoms with Gasteiger partial charge in [0.15, 0.2) is 0 Å². The van der Waals surface area contributed by atoms with E-state index in [-0.39, 0.29) is 5.97 Å². The number of esters is 1. The highest BCUT2D eigenvalue weighted by Gasteiger charge is 1.96. The fourth-order valence-electron chi connectivity index (χ4n) is 1.28. The number of ether oxygens (including phenoxy) is 2. The van der Waals surface area contributed by atoms with Crippen molar-refractivity contribution in [1.29, 1.82) is 0 Å². The smallest absolute Gasteiger partial charge is 0.331 e. The van der Waals surface area contributed by atoms with Crippen LogP contribution in [0.1, 0.15) is 13.8 Å². The Bertz CT molecular complexity index is 464. The molecule has 5 heteroatoms. The van der Waals surface area contributed by atoms with Gasteiger partial charge in [0, 0.05) is 6.08 Å². The second-order valence-electron chi connectivity index (χ2n) is 3.74. The molecule has 0 radical (unpaired) electrons. The molecule has 0 heterocycles. The van der Waals surface area contributed by atoms with Gasteiger partial charge in [-0.3, -0.25) is 5.43 Å². The highest BCUT2D eigenvalue weighted by Crippen LogP contribution is 2.14. The monoisotopic (exact) mass is 262 g/mol. The van der Waals surface area contributed by atoms with Gasteiger partial charge < -0.3 is 9.47 Å². The number of hydrogen-bond donors (Lipinski definition) is 1. The van der Waals surface area contributed by atoms with E-state index in [9.17, 15) is 4.79 Å². The van der Waals surface area contributed by atoms with Crippen molar-refractivity contribution in [3.05, 3.63) is 35.9 Å². The van der Waals surface area contributed by atoms with Gasteiger partial charge in [0.1, 0.15) is 5.75 Å². The molecule has 0 aliphatic heterocycles. The Labute approximate surface area is 112 Å². The molecule has 0 aliphatic carbocycles. The topological polar surface area (TPSA) is 59.9 Å². The highest BCUT2D eigenvalue weighted by molar-refractivity contribution is 5.91. The number of carbonyl (C=O) groups excluding carboxylic acids is 1. The van der Waals surface area contributed by atoms with Crippen molar-refractivity contribution < 1.29 is 14.3 Å². The Morgan fingerprint density at radius 3 is 2.63 bits per heavy atom. The maximum atomic E-state index is 11.2. The average molecular weight is 262 g/mol. The molecule has 1 N–H and O–H groups in total. The largest absolute Gasteiger partial charge is 0.497 e. The van der Waals surface area contributed by atoms with Gasteiger partial charge in [0.2, 0.25) is 0 Å². The second-order valence-corrected chi connectivity index (χ2v) is 3.74. The van der Waals surface area contributed by atoms with E-state index in [4.69, 9.17) is 9.47 Å². The van der Waals surface area contributed by atoms with E-state index < -0.39 is 0 Å². The first-order chi connectivity index (χ1) is 9.15.